The van der Waals surface area contributed by atoms with Crippen LogP contribution in [0.3, 0.4) is 0 Å². The molecule has 0 amide bonds. The zero-order valence-electron chi connectivity index (χ0n) is 10.9. The number of aryl methyl sites for hydroxylation is 1. The van der Waals surface area contributed by atoms with E-state index in [2.05, 4.69) is 41.6 Å². The molecule has 2 N–H and O–H groups in total. The number of hydrogen-bond donors (Lipinski definition) is 1. The van der Waals surface area contributed by atoms with E-state index >= 15 is 0 Å². The van der Waals surface area contributed by atoms with Crippen LogP contribution in [0.2, 0.25) is 0 Å². The standard InChI is InChI=1S/C14H19N3O/c1-9-3-4-13-12(7-9)16-14(15)17(13)11-5-6-18-10(2)8-11/h3-4,7,10-11H,5-6,8H2,1-2H3,(H2,15,16). The Morgan fingerprint density at radius 1 is 1.44 bits per heavy atom. The van der Waals surface area contributed by atoms with E-state index in [4.69, 9.17) is 10.5 Å². The number of ether oxygens (including phenoxy) is 1. The van der Waals surface area contributed by atoms with E-state index in [1.54, 1.807) is 0 Å². The van der Waals surface area contributed by atoms with Crippen molar-refractivity contribution in [3.05, 3.63) is 23.8 Å². The summed E-state index contributed by atoms with van der Waals surface area (Å²) in [7, 11) is 0. The van der Waals surface area contributed by atoms with Gasteiger partial charge in [-0.2, -0.15) is 0 Å². The highest BCUT2D eigenvalue weighted by atomic mass is 16.5. The Labute approximate surface area is 107 Å². The average molecular weight is 245 g/mol. The Kier molecular flexibility index (Phi) is 2.74. The fraction of sp³-hybridized carbons (Fsp3) is 0.500. The van der Waals surface area contributed by atoms with E-state index in [1.807, 2.05) is 0 Å². The number of hydrogen-bond acceptors (Lipinski definition) is 3. The minimum absolute atomic E-state index is 0.297. The molecule has 1 aliphatic heterocycles. The second-order valence-electron chi connectivity index (χ2n) is 5.19. The SMILES string of the molecule is Cc1ccc2c(c1)nc(N)n2C1CCOC(C)C1. The summed E-state index contributed by atoms with van der Waals surface area (Å²) in [5.41, 5.74) is 9.43. The van der Waals surface area contributed by atoms with Crippen molar-refractivity contribution in [2.75, 3.05) is 12.3 Å². The number of benzene rings is 1. The number of anilines is 1. The molecule has 2 atom stereocenters. The number of imidazole rings is 1. The van der Waals surface area contributed by atoms with E-state index in [-0.39, 0.29) is 0 Å². The van der Waals surface area contributed by atoms with Gasteiger partial charge in [0.25, 0.3) is 0 Å². The van der Waals surface area contributed by atoms with Crippen LogP contribution in [0.4, 0.5) is 5.95 Å². The summed E-state index contributed by atoms with van der Waals surface area (Å²) < 4.78 is 7.78. The fourth-order valence-electron chi connectivity index (χ4n) is 2.82. The van der Waals surface area contributed by atoms with E-state index in [9.17, 15) is 0 Å². The van der Waals surface area contributed by atoms with Gasteiger partial charge in [0.15, 0.2) is 0 Å². The van der Waals surface area contributed by atoms with Crippen LogP contribution in [-0.4, -0.2) is 22.3 Å². The summed E-state index contributed by atoms with van der Waals surface area (Å²) in [6, 6.07) is 6.73. The maximum Gasteiger partial charge on any atom is 0.201 e. The summed E-state index contributed by atoms with van der Waals surface area (Å²) in [5, 5.41) is 0. The lowest BCUT2D eigenvalue weighted by Gasteiger charge is -2.29. The van der Waals surface area contributed by atoms with E-state index in [0.29, 0.717) is 18.1 Å². The van der Waals surface area contributed by atoms with Crippen molar-refractivity contribution < 1.29 is 4.74 Å². The largest absolute Gasteiger partial charge is 0.378 e. The van der Waals surface area contributed by atoms with Crippen molar-refractivity contribution >= 4 is 17.0 Å². The molecule has 96 valence electrons. The van der Waals surface area contributed by atoms with Gasteiger partial charge in [0, 0.05) is 12.6 Å². The molecule has 0 aliphatic carbocycles. The normalized spacial score (nSPS) is 24.6. The number of nitrogens with two attached hydrogens (primary N) is 1. The molecular formula is C14H19N3O. The number of nitrogens with zero attached hydrogens (tertiary/aromatic N) is 2. The van der Waals surface area contributed by atoms with Crippen LogP contribution < -0.4 is 5.73 Å². The van der Waals surface area contributed by atoms with E-state index in [1.165, 1.54) is 5.56 Å². The topological polar surface area (TPSA) is 53.1 Å². The summed E-state index contributed by atoms with van der Waals surface area (Å²) in [5.74, 6) is 0.620. The lowest BCUT2D eigenvalue weighted by molar-refractivity contribution is 0.00714. The molecule has 0 radical (unpaired) electrons. The lowest BCUT2D eigenvalue weighted by Crippen LogP contribution is -2.26. The van der Waals surface area contributed by atoms with Crippen molar-refractivity contribution in [1.82, 2.24) is 9.55 Å². The highest BCUT2D eigenvalue weighted by molar-refractivity contribution is 5.79. The lowest BCUT2D eigenvalue weighted by atomic mass is 10.0. The maximum absolute atomic E-state index is 6.09. The highest BCUT2D eigenvalue weighted by Gasteiger charge is 2.24. The number of nitrogen functional groups attached to an aromatic ring is 1. The van der Waals surface area contributed by atoms with Crippen molar-refractivity contribution in [1.29, 1.82) is 0 Å². The van der Waals surface area contributed by atoms with Crippen LogP contribution in [0, 0.1) is 6.92 Å². The average Bonchev–Trinajstić information content (AvgIpc) is 2.64. The van der Waals surface area contributed by atoms with Gasteiger partial charge in [-0.1, -0.05) is 6.07 Å². The van der Waals surface area contributed by atoms with Gasteiger partial charge in [-0.15, -0.1) is 0 Å². The monoisotopic (exact) mass is 245 g/mol. The molecule has 3 rings (SSSR count). The Hall–Kier alpha value is -1.55. The molecular weight excluding hydrogens is 226 g/mol. The molecule has 1 saturated heterocycles. The molecule has 1 aromatic heterocycles. The molecule has 4 heteroatoms. The first-order chi connectivity index (χ1) is 8.65. The van der Waals surface area contributed by atoms with Gasteiger partial charge in [0.05, 0.1) is 17.1 Å². The van der Waals surface area contributed by atoms with Gasteiger partial charge in [0.1, 0.15) is 0 Å². The Balaban J connectivity index is 2.07. The number of fused-ring (bicyclic) bond motifs is 1. The van der Waals surface area contributed by atoms with Crippen LogP contribution >= 0.6 is 0 Å². The fourth-order valence-corrected chi connectivity index (χ4v) is 2.82. The van der Waals surface area contributed by atoms with Crippen LogP contribution in [0.5, 0.6) is 0 Å². The van der Waals surface area contributed by atoms with Crippen molar-refractivity contribution in [3.8, 4) is 0 Å². The summed E-state index contributed by atoms with van der Waals surface area (Å²) >= 11 is 0. The predicted molar refractivity (Wildman–Crippen MR) is 72.6 cm³/mol. The molecule has 2 aromatic rings. The minimum atomic E-state index is 0.297. The zero-order valence-corrected chi connectivity index (χ0v) is 10.9. The van der Waals surface area contributed by atoms with Crippen LogP contribution in [0.1, 0.15) is 31.4 Å². The molecule has 2 unspecified atom stereocenters. The Morgan fingerprint density at radius 2 is 2.28 bits per heavy atom. The molecule has 18 heavy (non-hydrogen) atoms. The molecule has 1 aromatic carbocycles. The minimum Gasteiger partial charge on any atom is -0.378 e. The second-order valence-corrected chi connectivity index (χ2v) is 5.19. The zero-order chi connectivity index (χ0) is 12.7. The van der Waals surface area contributed by atoms with Crippen LogP contribution in [0.25, 0.3) is 11.0 Å². The summed E-state index contributed by atoms with van der Waals surface area (Å²) in [4.78, 5) is 4.47. The van der Waals surface area contributed by atoms with Gasteiger partial charge >= 0.3 is 0 Å². The quantitative estimate of drug-likeness (QED) is 0.840. The highest BCUT2D eigenvalue weighted by Crippen LogP contribution is 2.31. The van der Waals surface area contributed by atoms with Gasteiger partial charge in [-0.3, -0.25) is 0 Å². The predicted octanol–water partition coefficient (Wildman–Crippen LogP) is 2.67. The van der Waals surface area contributed by atoms with E-state index < -0.39 is 0 Å². The van der Waals surface area contributed by atoms with Crippen molar-refractivity contribution in [3.63, 3.8) is 0 Å². The molecule has 0 spiro atoms. The van der Waals surface area contributed by atoms with Crippen LogP contribution in [-0.2, 0) is 4.74 Å². The van der Waals surface area contributed by atoms with Crippen LogP contribution in [0.15, 0.2) is 18.2 Å². The van der Waals surface area contributed by atoms with Crippen molar-refractivity contribution in [2.24, 2.45) is 0 Å². The van der Waals surface area contributed by atoms with Gasteiger partial charge in [-0.05, 0) is 44.4 Å². The Morgan fingerprint density at radius 3 is 3.06 bits per heavy atom. The van der Waals surface area contributed by atoms with Gasteiger partial charge < -0.3 is 15.0 Å². The Bertz CT molecular complexity index is 576. The van der Waals surface area contributed by atoms with Crippen molar-refractivity contribution in [2.45, 2.75) is 38.8 Å². The first kappa shape index (κ1) is 11.5. The maximum atomic E-state index is 6.09. The summed E-state index contributed by atoms with van der Waals surface area (Å²) in [6.45, 7) is 4.99. The molecule has 2 heterocycles. The molecule has 0 bridgehead atoms. The third kappa shape index (κ3) is 1.86. The first-order valence-corrected chi connectivity index (χ1v) is 6.51. The smallest absolute Gasteiger partial charge is 0.201 e. The third-order valence-corrected chi connectivity index (χ3v) is 3.69. The summed E-state index contributed by atoms with van der Waals surface area (Å²) in [6.07, 6.45) is 2.31. The molecule has 1 fully saturated rings. The van der Waals surface area contributed by atoms with Gasteiger partial charge in [0.2, 0.25) is 5.95 Å². The molecule has 1 aliphatic rings. The van der Waals surface area contributed by atoms with E-state index in [0.717, 1.165) is 30.5 Å². The first-order valence-electron chi connectivity index (χ1n) is 6.51. The number of aromatic nitrogens is 2. The molecule has 4 nitrogen and oxygen atoms in total. The second kappa shape index (κ2) is 4.28. The number of rotatable bonds is 1. The van der Waals surface area contributed by atoms with Gasteiger partial charge in [-0.25, -0.2) is 4.98 Å². The third-order valence-electron chi connectivity index (χ3n) is 3.69. The molecule has 0 saturated carbocycles.